The molecule has 142 valence electrons. The van der Waals surface area contributed by atoms with Crippen LogP contribution in [0, 0.1) is 0 Å². The van der Waals surface area contributed by atoms with Gasteiger partial charge in [-0.15, -0.1) is 0 Å². The van der Waals surface area contributed by atoms with E-state index in [0.29, 0.717) is 24.2 Å². The molecule has 0 saturated heterocycles. The van der Waals surface area contributed by atoms with Gasteiger partial charge in [-0.1, -0.05) is 30.3 Å². The molecule has 0 saturated carbocycles. The maximum atomic E-state index is 12.5. The number of carboxylic acids is 1. The van der Waals surface area contributed by atoms with Crippen molar-refractivity contribution in [1.82, 2.24) is 10.2 Å². The Bertz CT molecular complexity index is 784. The molecule has 2 aromatic rings. The van der Waals surface area contributed by atoms with Crippen molar-refractivity contribution in [2.75, 3.05) is 13.1 Å². The van der Waals surface area contributed by atoms with E-state index >= 15 is 0 Å². The van der Waals surface area contributed by atoms with E-state index in [1.165, 1.54) is 0 Å². The molecule has 6 nitrogen and oxygen atoms in total. The van der Waals surface area contributed by atoms with E-state index in [1.54, 1.807) is 53.4 Å². The summed E-state index contributed by atoms with van der Waals surface area (Å²) in [5.41, 5.74) is 1.61. The number of hydrogen-bond acceptors (Lipinski definition) is 3. The number of amides is 2. The fourth-order valence-corrected chi connectivity index (χ4v) is 2.81. The van der Waals surface area contributed by atoms with Crippen molar-refractivity contribution in [3.05, 3.63) is 71.3 Å². The molecule has 0 aromatic heterocycles. The highest BCUT2D eigenvalue weighted by Crippen LogP contribution is 2.18. The van der Waals surface area contributed by atoms with Gasteiger partial charge in [0.2, 0.25) is 0 Å². The molecule has 2 amide bonds. The molecule has 2 rings (SSSR count). The van der Waals surface area contributed by atoms with Crippen LogP contribution < -0.4 is 5.32 Å². The topological polar surface area (TPSA) is 86.7 Å². The average Bonchev–Trinajstić information content (AvgIpc) is 2.68. The highest BCUT2D eigenvalue weighted by atomic mass is 16.4. The molecule has 0 aliphatic rings. The zero-order chi connectivity index (χ0) is 19.8. The molecule has 1 atom stereocenters. The maximum Gasteiger partial charge on any atom is 0.305 e. The van der Waals surface area contributed by atoms with Crippen LogP contribution in [0.15, 0.2) is 54.6 Å². The van der Waals surface area contributed by atoms with Gasteiger partial charge in [0.05, 0.1) is 12.5 Å². The molecule has 6 heteroatoms. The number of nitrogens with zero attached hydrogens (tertiary/aromatic N) is 1. The number of benzene rings is 2. The smallest absolute Gasteiger partial charge is 0.305 e. The highest BCUT2D eigenvalue weighted by molar-refractivity contribution is 5.98. The number of hydrogen-bond donors (Lipinski definition) is 2. The Kier molecular flexibility index (Phi) is 7.11. The van der Waals surface area contributed by atoms with Crippen LogP contribution in [0.5, 0.6) is 0 Å². The van der Waals surface area contributed by atoms with Crippen LogP contribution in [0.3, 0.4) is 0 Å². The summed E-state index contributed by atoms with van der Waals surface area (Å²) in [6.45, 7) is 5.06. The molecule has 27 heavy (non-hydrogen) atoms. The Morgan fingerprint density at radius 2 is 1.48 bits per heavy atom. The minimum Gasteiger partial charge on any atom is -0.481 e. The predicted molar refractivity (Wildman–Crippen MR) is 103 cm³/mol. The van der Waals surface area contributed by atoms with E-state index in [2.05, 4.69) is 5.32 Å². The Morgan fingerprint density at radius 1 is 0.926 bits per heavy atom. The van der Waals surface area contributed by atoms with Gasteiger partial charge >= 0.3 is 5.97 Å². The van der Waals surface area contributed by atoms with Gasteiger partial charge in [-0.25, -0.2) is 0 Å². The van der Waals surface area contributed by atoms with Crippen molar-refractivity contribution >= 4 is 17.8 Å². The molecular formula is C21H24N2O4. The predicted octanol–water partition coefficient (Wildman–Crippen LogP) is 3.11. The van der Waals surface area contributed by atoms with Crippen LogP contribution >= 0.6 is 0 Å². The Hall–Kier alpha value is -3.15. The molecule has 0 aliphatic heterocycles. The zero-order valence-electron chi connectivity index (χ0n) is 15.5. The summed E-state index contributed by atoms with van der Waals surface area (Å²) in [5, 5.41) is 11.9. The second-order valence-electron chi connectivity index (χ2n) is 6.09. The van der Waals surface area contributed by atoms with Gasteiger partial charge < -0.3 is 15.3 Å². The van der Waals surface area contributed by atoms with Gasteiger partial charge in [0.25, 0.3) is 11.8 Å². The van der Waals surface area contributed by atoms with E-state index in [-0.39, 0.29) is 18.2 Å². The summed E-state index contributed by atoms with van der Waals surface area (Å²) in [6, 6.07) is 14.7. The fourth-order valence-electron chi connectivity index (χ4n) is 2.81. The van der Waals surface area contributed by atoms with Gasteiger partial charge in [-0.05, 0) is 43.7 Å². The molecule has 0 radical (unpaired) electrons. The molecule has 2 N–H and O–H groups in total. The first-order valence-electron chi connectivity index (χ1n) is 8.93. The standard InChI is InChI=1S/C21H24N2O4/c1-3-23(4-2)21(27)17-12-10-16(11-13-17)20(26)22-18(14-19(24)25)15-8-6-5-7-9-15/h5-13,18H,3-4,14H2,1-2H3,(H,22,26)(H,24,25). The summed E-state index contributed by atoms with van der Waals surface area (Å²) in [5.74, 6) is -1.46. The van der Waals surface area contributed by atoms with Crippen LogP contribution in [-0.4, -0.2) is 40.9 Å². The summed E-state index contributed by atoms with van der Waals surface area (Å²) < 4.78 is 0. The van der Waals surface area contributed by atoms with Crippen molar-refractivity contribution in [2.45, 2.75) is 26.3 Å². The third-order valence-corrected chi connectivity index (χ3v) is 4.33. The lowest BCUT2D eigenvalue weighted by molar-refractivity contribution is -0.137. The normalized spacial score (nSPS) is 11.5. The van der Waals surface area contributed by atoms with Crippen molar-refractivity contribution in [3.63, 3.8) is 0 Å². The van der Waals surface area contributed by atoms with E-state index in [1.807, 2.05) is 19.9 Å². The number of carbonyl (C=O) groups excluding carboxylic acids is 2. The first-order chi connectivity index (χ1) is 13.0. The first-order valence-corrected chi connectivity index (χ1v) is 8.93. The van der Waals surface area contributed by atoms with Crippen molar-refractivity contribution in [2.24, 2.45) is 0 Å². The molecule has 1 unspecified atom stereocenters. The van der Waals surface area contributed by atoms with Crippen LogP contribution in [-0.2, 0) is 4.79 Å². The van der Waals surface area contributed by atoms with Gasteiger partial charge in [0, 0.05) is 24.2 Å². The quantitative estimate of drug-likeness (QED) is 0.749. The van der Waals surface area contributed by atoms with Gasteiger partial charge in [-0.2, -0.15) is 0 Å². The first kappa shape index (κ1) is 20.2. The van der Waals surface area contributed by atoms with Crippen LogP contribution in [0.4, 0.5) is 0 Å². The molecular weight excluding hydrogens is 344 g/mol. The largest absolute Gasteiger partial charge is 0.481 e. The second kappa shape index (κ2) is 9.52. The van der Waals surface area contributed by atoms with Crippen LogP contribution in [0.2, 0.25) is 0 Å². The molecule has 0 heterocycles. The summed E-state index contributed by atoms with van der Waals surface area (Å²) in [6.07, 6.45) is -0.214. The number of aliphatic carboxylic acids is 1. The van der Waals surface area contributed by atoms with E-state index in [9.17, 15) is 14.4 Å². The van der Waals surface area contributed by atoms with Crippen molar-refractivity contribution < 1.29 is 19.5 Å². The Morgan fingerprint density at radius 3 is 2.00 bits per heavy atom. The van der Waals surface area contributed by atoms with Crippen molar-refractivity contribution in [1.29, 1.82) is 0 Å². The van der Waals surface area contributed by atoms with E-state index in [0.717, 1.165) is 5.56 Å². The highest BCUT2D eigenvalue weighted by Gasteiger charge is 2.19. The summed E-state index contributed by atoms with van der Waals surface area (Å²) >= 11 is 0. The molecule has 0 bridgehead atoms. The third-order valence-electron chi connectivity index (χ3n) is 4.33. The Labute approximate surface area is 158 Å². The number of carboxylic acid groups (broad SMARTS) is 1. The van der Waals surface area contributed by atoms with E-state index in [4.69, 9.17) is 5.11 Å². The monoisotopic (exact) mass is 368 g/mol. The lowest BCUT2D eigenvalue weighted by atomic mass is 10.0. The van der Waals surface area contributed by atoms with Gasteiger partial charge in [0.15, 0.2) is 0 Å². The van der Waals surface area contributed by atoms with Gasteiger partial charge in [-0.3, -0.25) is 14.4 Å². The SMILES string of the molecule is CCN(CC)C(=O)c1ccc(C(=O)NC(CC(=O)O)c2ccccc2)cc1. The third kappa shape index (κ3) is 5.41. The number of nitrogens with one attached hydrogen (secondary N) is 1. The van der Waals surface area contributed by atoms with Crippen LogP contribution in [0.25, 0.3) is 0 Å². The number of rotatable bonds is 8. The lowest BCUT2D eigenvalue weighted by Crippen LogP contribution is -2.31. The minimum absolute atomic E-state index is 0.0833. The van der Waals surface area contributed by atoms with Crippen LogP contribution in [0.1, 0.15) is 52.6 Å². The zero-order valence-corrected chi connectivity index (χ0v) is 15.5. The molecule has 0 fully saturated rings. The van der Waals surface area contributed by atoms with Crippen molar-refractivity contribution in [3.8, 4) is 0 Å². The summed E-state index contributed by atoms with van der Waals surface area (Å²) in [7, 11) is 0. The Balaban J connectivity index is 2.14. The second-order valence-corrected chi connectivity index (χ2v) is 6.09. The van der Waals surface area contributed by atoms with E-state index < -0.39 is 12.0 Å². The maximum absolute atomic E-state index is 12.5. The molecule has 2 aromatic carbocycles. The lowest BCUT2D eigenvalue weighted by Gasteiger charge is -2.19. The molecule has 0 aliphatic carbocycles. The fraction of sp³-hybridized carbons (Fsp3) is 0.286. The average molecular weight is 368 g/mol. The number of carbonyl (C=O) groups is 3. The summed E-state index contributed by atoms with van der Waals surface area (Å²) in [4.78, 5) is 37.7. The molecule has 0 spiro atoms. The minimum atomic E-state index is -0.996. The van der Waals surface area contributed by atoms with Gasteiger partial charge in [0.1, 0.15) is 0 Å².